The second kappa shape index (κ2) is 5.73. The molecule has 2 fully saturated rings. The number of aromatic nitrogens is 1. The molecule has 0 aliphatic carbocycles. The maximum absolute atomic E-state index is 11.9. The molecule has 3 atom stereocenters. The van der Waals surface area contributed by atoms with Crippen molar-refractivity contribution in [3.63, 3.8) is 0 Å². The zero-order valence-electron chi connectivity index (χ0n) is 12.0. The number of hydrogen-bond acceptors (Lipinski definition) is 7. The number of fused-ring (bicyclic) bond motifs is 2. The van der Waals surface area contributed by atoms with Crippen molar-refractivity contribution in [2.75, 3.05) is 11.9 Å². The van der Waals surface area contributed by atoms with E-state index in [1.165, 1.54) is 18.3 Å². The number of ether oxygens (including phenoxy) is 2. The number of nitrogens with one attached hydrogen (secondary N) is 1. The number of Topliss-reactive ketones (excluding diaryl/α,β-unsaturated/α-hetero) is 1. The Labute approximate surface area is 126 Å². The highest BCUT2D eigenvalue weighted by atomic mass is 32.1. The third-order valence-corrected chi connectivity index (χ3v) is 4.92. The van der Waals surface area contributed by atoms with Gasteiger partial charge in [-0.3, -0.25) is 4.79 Å². The Morgan fingerprint density at radius 1 is 1.48 bits per heavy atom. The fraction of sp³-hybridized carbons (Fsp3) is 0.643. The van der Waals surface area contributed by atoms with Gasteiger partial charge in [0.25, 0.3) is 0 Å². The average molecular weight is 310 g/mol. The minimum atomic E-state index is -0.545. The number of esters is 1. The molecule has 1 aromatic rings. The fourth-order valence-electron chi connectivity index (χ4n) is 2.91. The molecule has 21 heavy (non-hydrogen) atoms. The number of carbonyl (C=O) groups is 2. The topological polar surface area (TPSA) is 77.5 Å². The number of carbonyl (C=O) groups excluding carboxylic acids is 2. The van der Waals surface area contributed by atoms with Gasteiger partial charge in [0.15, 0.2) is 16.6 Å². The lowest BCUT2D eigenvalue weighted by Crippen LogP contribution is -2.30. The zero-order chi connectivity index (χ0) is 15.0. The lowest BCUT2D eigenvalue weighted by atomic mass is 9.96. The van der Waals surface area contributed by atoms with Crippen LogP contribution in [-0.2, 0) is 9.47 Å². The summed E-state index contributed by atoms with van der Waals surface area (Å²) in [6, 6.07) is 0.213. The molecule has 0 aromatic carbocycles. The van der Waals surface area contributed by atoms with Crippen molar-refractivity contribution >= 4 is 28.2 Å². The molecule has 2 saturated heterocycles. The highest BCUT2D eigenvalue weighted by Gasteiger charge is 2.41. The van der Waals surface area contributed by atoms with E-state index in [0.717, 1.165) is 19.3 Å². The number of hydrogen-bond donors (Lipinski definition) is 1. The number of ketones is 1. The molecule has 2 bridgehead atoms. The minimum Gasteiger partial charge on any atom is -0.461 e. The molecule has 3 unspecified atom stereocenters. The smallest absolute Gasteiger partial charge is 0.358 e. The van der Waals surface area contributed by atoms with Crippen LogP contribution in [0.3, 0.4) is 0 Å². The molecule has 6 nitrogen and oxygen atoms in total. The highest BCUT2D eigenvalue weighted by molar-refractivity contribution is 7.17. The van der Waals surface area contributed by atoms with Gasteiger partial charge in [-0.2, -0.15) is 0 Å². The van der Waals surface area contributed by atoms with E-state index in [0.29, 0.717) is 16.1 Å². The number of anilines is 1. The first-order valence-electron chi connectivity index (χ1n) is 7.19. The van der Waals surface area contributed by atoms with Gasteiger partial charge in [-0.05, 0) is 26.2 Å². The van der Waals surface area contributed by atoms with Crippen molar-refractivity contribution in [1.82, 2.24) is 4.98 Å². The molecule has 0 spiro atoms. The van der Waals surface area contributed by atoms with Crippen molar-refractivity contribution in [2.24, 2.45) is 0 Å². The van der Waals surface area contributed by atoms with Gasteiger partial charge in [0, 0.05) is 6.92 Å². The lowest BCUT2D eigenvalue weighted by Gasteiger charge is -2.19. The average Bonchev–Trinajstić information content (AvgIpc) is 3.13. The lowest BCUT2D eigenvalue weighted by molar-refractivity contribution is 0.0517. The Balaban J connectivity index is 1.78. The van der Waals surface area contributed by atoms with Crippen LogP contribution in [0, 0.1) is 0 Å². The van der Waals surface area contributed by atoms with E-state index >= 15 is 0 Å². The first kappa shape index (κ1) is 14.5. The highest BCUT2D eigenvalue weighted by Crippen LogP contribution is 2.37. The van der Waals surface area contributed by atoms with E-state index < -0.39 is 5.97 Å². The first-order chi connectivity index (χ1) is 10.1. The van der Waals surface area contributed by atoms with Crippen molar-refractivity contribution < 1.29 is 19.1 Å². The van der Waals surface area contributed by atoms with E-state index in [1.807, 2.05) is 0 Å². The van der Waals surface area contributed by atoms with E-state index in [1.54, 1.807) is 6.92 Å². The number of rotatable bonds is 5. The predicted molar refractivity (Wildman–Crippen MR) is 78.0 cm³/mol. The quantitative estimate of drug-likeness (QED) is 0.664. The molecule has 7 heteroatoms. The zero-order valence-corrected chi connectivity index (χ0v) is 12.9. The summed E-state index contributed by atoms with van der Waals surface area (Å²) in [5.41, 5.74) is 0.112. The maximum Gasteiger partial charge on any atom is 0.358 e. The maximum atomic E-state index is 11.9. The van der Waals surface area contributed by atoms with Crippen LogP contribution in [0.2, 0.25) is 0 Å². The van der Waals surface area contributed by atoms with E-state index in [-0.39, 0.29) is 30.2 Å². The second-order valence-electron chi connectivity index (χ2n) is 5.33. The van der Waals surface area contributed by atoms with Crippen LogP contribution in [0.1, 0.15) is 53.3 Å². The van der Waals surface area contributed by atoms with E-state index in [2.05, 4.69) is 10.3 Å². The molecule has 1 aromatic heterocycles. The standard InChI is InChI=1S/C14H18N2O4S/c1-3-19-13(18)11-12(7(2)17)21-14(16-11)15-9-6-8-4-5-10(9)20-8/h8-10H,3-6H2,1-2H3,(H,15,16). The molecular formula is C14H18N2O4S. The van der Waals surface area contributed by atoms with Gasteiger partial charge < -0.3 is 14.8 Å². The predicted octanol–water partition coefficient (Wildman–Crippen LogP) is 2.25. The molecule has 0 radical (unpaired) electrons. The van der Waals surface area contributed by atoms with Gasteiger partial charge in [0.1, 0.15) is 4.88 Å². The molecular weight excluding hydrogens is 292 g/mol. The van der Waals surface area contributed by atoms with Gasteiger partial charge in [0.2, 0.25) is 0 Å². The van der Waals surface area contributed by atoms with Crippen LogP contribution < -0.4 is 5.32 Å². The van der Waals surface area contributed by atoms with Crippen molar-refractivity contribution in [3.8, 4) is 0 Å². The summed E-state index contributed by atoms with van der Waals surface area (Å²) in [7, 11) is 0. The summed E-state index contributed by atoms with van der Waals surface area (Å²) in [4.78, 5) is 28.1. The molecule has 114 valence electrons. The van der Waals surface area contributed by atoms with Crippen LogP contribution in [0.25, 0.3) is 0 Å². The van der Waals surface area contributed by atoms with Crippen LogP contribution in [0.4, 0.5) is 5.13 Å². The third-order valence-electron chi connectivity index (χ3n) is 3.83. The summed E-state index contributed by atoms with van der Waals surface area (Å²) in [6.45, 7) is 3.42. The van der Waals surface area contributed by atoms with Crippen LogP contribution >= 0.6 is 11.3 Å². The van der Waals surface area contributed by atoms with Crippen molar-refractivity contribution in [2.45, 2.75) is 51.4 Å². The Morgan fingerprint density at radius 2 is 2.29 bits per heavy atom. The van der Waals surface area contributed by atoms with Gasteiger partial charge in [-0.15, -0.1) is 0 Å². The minimum absolute atomic E-state index is 0.112. The summed E-state index contributed by atoms with van der Waals surface area (Å²) in [6.07, 6.45) is 3.68. The fourth-order valence-corrected chi connectivity index (χ4v) is 3.82. The van der Waals surface area contributed by atoms with Crippen LogP contribution in [-0.4, -0.2) is 41.6 Å². The van der Waals surface area contributed by atoms with E-state index in [4.69, 9.17) is 9.47 Å². The summed E-state index contributed by atoms with van der Waals surface area (Å²) >= 11 is 1.21. The molecule has 1 N–H and O–H groups in total. The Morgan fingerprint density at radius 3 is 2.86 bits per heavy atom. The molecule has 2 aliphatic rings. The van der Waals surface area contributed by atoms with Crippen molar-refractivity contribution in [1.29, 1.82) is 0 Å². The number of nitrogens with zero attached hydrogens (tertiary/aromatic N) is 1. The molecule has 0 saturated carbocycles. The SMILES string of the molecule is CCOC(=O)c1nc(NC2CC3CCC2O3)sc1C(C)=O. The summed E-state index contributed by atoms with van der Waals surface area (Å²) in [5, 5.41) is 3.89. The van der Waals surface area contributed by atoms with Gasteiger partial charge in [-0.25, -0.2) is 9.78 Å². The third kappa shape index (κ3) is 2.80. The van der Waals surface area contributed by atoms with Crippen molar-refractivity contribution in [3.05, 3.63) is 10.6 Å². The molecule has 0 amide bonds. The van der Waals surface area contributed by atoms with Gasteiger partial charge in [0.05, 0.1) is 24.9 Å². The molecule has 3 heterocycles. The number of thiazole rings is 1. The van der Waals surface area contributed by atoms with Crippen LogP contribution in [0.15, 0.2) is 0 Å². The van der Waals surface area contributed by atoms with Crippen LogP contribution in [0.5, 0.6) is 0 Å². The molecule has 3 rings (SSSR count). The second-order valence-corrected chi connectivity index (χ2v) is 6.33. The largest absolute Gasteiger partial charge is 0.461 e. The Kier molecular flexibility index (Phi) is 3.95. The normalized spacial score (nSPS) is 26.9. The monoisotopic (exact) mass is 310 g/mol. The summed E-state index contributed by atoms with van der Waals surface area (Å²) < 4.78 is 10.7. The summed E-state index contributed by atoms with van der Waals surface area (Å²) in [5.74, 6) is -0.719. The van der Waals surface area contributed by atoms with Gasteiger partial charge >= 0.3 is 5.97 Å². The van der Waals surface area contributed by atoms with E-state index in [9.17, 15) is 9.59 Å². The molecule has 2 aliphatic heterocycles. The Hall–Kier alpha value is -1.47. The van der Waals surface area contributed by atoms with Gasteiger partial charge in [-0.1, -0.05) is 11.3 Å². The first-order valence-corrected chi connectivity index (χ1v) is 8.01. The Bertz CT molecular complexity index is 571.